The Hall–Kier alpha value is -4.15. The first-order chi connectivity index (χ1) is 15.4. The molecule has 3 aromatic heterocycles. The average molecular weight is 434 g/mol. The SMILES string of the molecule is COc1c(Nc2cc(NC(=O)C3CC3)nc3[nH]n(C)c(=O)c23)cccc1-c1ncn(C)n1. The molecule has 0 aliphatic heterocycles. The number of nitrogens with zero attached hydrogens (tertiary/aromatic N) is 5. The zero-order chi connectivity index (χ0) is 22.4. The zero-order valence-corrected chi connectivity index (χ0v) is 17.8. The van der Waals surface area contributed by atoms with Gasteiger partial charge in [-0.2, -0.15) is 5.10 Å². The summed E-state index contributed by atoms with van der Waals surface area (Å²) in [6.07, 6.45) is 3.37. The number of H-pyrrole nitrogens is 1. The summed E-state index contributed by atoms with van der Waals surface area (Å²) in [6.45, 7) is 0. The normalized spacial score (nSPS) is 13.3. The van der Waals surface area contributed by atoms with E-state index in [4.69, 9.17) is 4.74 Å². The highest BCUT2D eigenvalue weighted by Gasteiger charge is 2.30. The van der Waals surface area contributed by atoms with E-state index in [9.17, 15) is 9.59 Å². The number of amides is 1. The molecule has 11 heteroatoms. The van der Waals surface area contributed by atoms with Crippen LogP contribution in [0.15, 0.2) is 35.4 Å². The molecule has 1 aliphatic rings. The molecule has 1 aliphatic carbocycles. The summed E-state index contributed by atoms with van der Waals surface area (Å²) in [5.74, 6) is 1.37. The fourth-order valence-electron chi connectivity index (χ4n) is 3.60. The number of nitrogens with one attached hydrogen (secondary N) is 3. The number of hydrogen-bond acceptors (Lipinski definition) is 7. The van der Waals surface area contributed by atoms with Gasteiger partial charge in [0, 0.05) is 26.1 Å². The second-order valence-electron chi connectivity index (χ2n) is 7.77. The molecular formula is C21H22N8O3. The van der Waals surface area contributed by atoms with Gasteiger partial charge in [0.05, 0.1) is 24.0 Å². The molecule has 1 amide bonds. The van der Waals surface area contributed by atoms with Crippen LogP contribution in [-0.4, -0.2) is 42.5 Å². The highest BCUT2D eigenvalue weighted by molar-refractivity contribution is 5.98. The van der Waals surface area contributed by atoms with Crippen LogP contribution in [0.1, 0.15) is 12.8 Å². The highest BCUT2D eigenvalue weighted by Crippen LogP contribution is 2.38. The monoisotopic (exact) mass is 434 g/mol. The molecular weight excluding hydrogens is 412 g/mol. The van der Waals surface area contributed by atoms with Gasteiger partial charge in [-0.25, -0.2) is 9.97 Å². The second-order valence-corrected chi connectivity index (χ2v) is 7.77. The highest BCUT2D eigenvalue weighted by atomic mass is 16.5. The summed E-state index contributed by atoms with van der Waals surface area (Å²) in [7, 11) is 4.97. The smallest absolute Gasteiger partial charge is 0.277 e. The third kappa shape index (κ3) is 3.47. The van der Waals surface area contributed by atoms with E-state index in [1.54, 1.807) is 38.3 Å². The van der Waals surface area contributed by atoms with E-state index in [-0.39, 0.29) is 17.4 Å². The van der Waals surface area contributed by atoms with E-state index in [0.29, 0.717) is 45.4 Å². The first-order valence-electron chi connectivity index (χ1n) is 10.1. The molecule has 1 saturated carbocycles. The molecule has 0 saturated heterocycles. The Morgan fingerprint density at radius 1 is 1.25 bits per heavy atom. The van der Waals surface area contributed by atoms with Crippen molar-refractivity contribution in [1.29, 1.82) is 0 Å². The minimum absolute atomic E-state index is 0.0291. The standard InChI is InChI=1S/C21H22N8O3/c1-28-10-22-18(26-28)12-5-4-6-13(17(12)32-3)23-14-9-15(25-20(30)11-7-8-11)24-19-16(14)21(31)29(2)27-19/h4-6,9-11H,7-8H2,1-3H3,(H3,23,24,25,27,30). The Bertz CT molecular complexity index is 1400. The lowest BCUT2D eigenvalue weighted by molar-refractivity contribution is -0.117. The molecule has 32 heavy (non-hydrogen) atoms. The van der Waals surface area contributed by atoms with Crippen molar-refractivity contribution < 1.29 is 9.53 Å². The molecule has 4 aromatic rings. The first kappa shape index (κ1) is 19.8. The first-order valence-corrected chi connectivity index (χ1v) is 10.1. The summed E-state index contributed by atoms with van der Waals surface area (Å²) in [4.78, 5) is 33.7. The molecule has 0 unspecified atom stereocenters. The Balaban J connectivity index is 1.60. The van der Waals surface area contributed by atoms with Gasteiger partial charge in [-0.15, -0.1) is 0 Å². The maximum Gasteiger partial charge on any atom is 0.277 e. The lowest BCUT2D eigenvalue weighted by atomic mass is 10.1. The van der Waals surface area contributed by atoms with E-state index < -0.39 is 0 Å². The van der Waals surface area contributed by atoms with Crippen molar-refractivity contribution in [3.8, 4) is 17.1 Å². The van der Waals surface area contributed by atoms with Crippen LogP contribution in [-0.2, 0) is 18.9 Å². The van der Waals surface area contributed by atoms with Crippen molar-refractivity contribution in [2.24, 2.45) is 20.0 Å². The minimum atomic E-state index is -0.239. The van der Waals surface area contributed by atoms with Crippen molar-refractivity contribution >= 4 is 34.1 Å². The van der Waals surface area contributed by atoms with Crippen LogP contribution in [0.3, 0.4) is 0 Å². The largest absolute Gasteiger partial charge is 0.494 e. The van der Waals surface area contributed by atoms with Crippen LogP contribution in [0.25, 0.3) is 22.4 Å². The lowest BCUT2D eigenvalue weighted by Crippen LogP contribution is -2.15. The molecule has 5 rings (SSSR count). The summed E-state index contributed by atoms with van der Waals surface area (Å²) in [5, 5.41) is 13.8. The Kier molecular flexibility index (Phi) is 4.65. The van der Waals surface area contributed by atoms with Crippen molar-refractivity contribution in [2.45, 2.75) is 12.8 Å². The van der Waals surface area contributed by atoms with Crippen LogP contribution in [0.4, 0.5) is 17.2 Å². The number of anilines is 3. The zero-order valence-electron chi connectivity index (χ0n) is 17.8. The van der Waals surface area contributed by atoms with E-state index in [1.807, 2.05) is 18.2 Å². The van der Waals surface area contributed by atoms with Crippen LogP contribution < -0.4 is 20.9 Å². The summed E-state index contributed by atoms with van der Waals surface area (Å²) in [5.41, 5.74) is 1.94. The number of ether oxygens (including phenoxy) is 1. The Morgan fingerprint density at radius 2 is 2.06 bits per heavy atom. The van der Waals surface area contributed by atoms with Crippen LogP contribution in [0.5, 0.6) is 5.75 Å². The van der Waals surface area contributed by atoms with Crippen LogP contribution >= 0.6 is 0 Å². The number of aromatic nitrogens is 6. The van der Waals surface area contributed by atoms with Gasteiger partial charge in [0.25, 0.3) is 5.56 Å². The Labute approximate surface area is 182 Å². The van der Waals surface area contributed by atoms with E-state index in [0.717, 1.165) is 12.8 Å². The quantitative estimate of drug-likeness (QED) is 0.424. The number of fused-ring (bicyclic) bond motifs is 1. The minimum Gasteiger partial charge on any atom is -0.494 e. The molecule has 11 nitrogen and oxygen atoms in total. The van der Waals surface area contributed by atoms with Gasteiger partial charge in [0.2, 0.25) is 5.91 Å². The van der Waals surface area contributed by atoms with Gasteiger partial charge in [-0.05, 0) is 25.0 Å². The molecule has 3 N–H and O–H groups in total. The lowest BCUT2D eigenvalue weighted by Gasteiger charge is -2.15. The summed E-state index contributed by atoms with van der Waals surface area (Å²) >= 11 is 0. The Morgan fingerprint density at radius 3 is 2.75 bits per heavy atom. The fourth-order valence-corrected chi connectivity index (χ4v) is 3.60. The molecule has 1 aromatic carbocycles. The molecule has 3 heterocycles. The van der Waals surface area contributed by atoms with Crippen LogP contribution in [0.2, 0.25) is 0 Å². The maximum atomic E-state index is 12.7. The van der Waals surface area contributed by atoms with Crippen LogP contribution in [0, 0.1) is 5.92 Å². The third-order valence-electron chi connectivity index (χ3n) is 5.34. The van der Waals surface area contributed by atoms with Gasteiger partial charge < -0.3 is 15.4 Å². The molecule has 0 radical (unpaired) electrons. The predicted octanol–water partition coefficient (Wildman–Crippen LogP) is 2.16. The number of para-hydroxylation sites is 1. The molecule has 0 spiro atoms. The molecule has 164 valence electrons. The number of aromatic amines is 1. The number of pyridine rings is 1. The van der Waals surface area contributed by atoms with Crippen molar-refractivity contribution in [3.63, 3.8) is 0 Å². The van der Waals surface area contributed by atoms with Gasteiger partial charge in [-0.1, -0.05) is 6.07 Å². The molecule has 0 atom stereocenters. The number of aryl methyl sites for hydroxylation is 2. The van der Waals surface area contributed by atoms with Crippen molar-refractivity contribution in [2.75, 3.05) is 17.7 Å². The molecule has 1 fully saturated rings. The van der Waals surface area contributed by atoms with Crippen molar-refractivity contribution in [1.82, 2.24) is 29.5 Å². The number of rotatable bonds is 6. The summed E-state index contributed by atoms with van der Waals surface area (Å²) in [6, 6.07) is 7.19. The fraction of sp³-hybridized carbons (Fsp3) is 0.286. The van der Waals surface area contributed by atoms with Gasteiger partial charge >= 0.3 is 0 Å². The number of carbonyl (C=O) groups excluding carboxylic acids is 1. The van der Waals surface area contributed by atoms with Gasteiger partial charge in [0.15, 0.2) is 17.2 Å². The van der Waals surface area contributed by atoms with Gasteiger partial charge in [0.1, 0.15) is 17.5 Å². The van der Waals surface area contributed by atoms with E-state index >= 15 is 0 Å². The second kappa shape index (κ2) is 7.52. The summed E-state index contributed by atoms with van der Waals surface area (Å²) < 4.78 is 8.62. The van der Waals surface area contributed by atoms with Gasteiger partial charge in [-0.3, -0.25) is 24.1 Å². The average Bonchev–Trinajstić information content (AvgIpc) is 3.47. The van der Waals surface area contributed by atoms with E-state index in [1.165, 1.54) is 4.68 Å². The van der Waals surface area contributed by atoms with E-state index in [2.05, 4.69) is 30.8 Å². The predicted molar refractivity (Wildman–Crippen MR) is 119 cm³/mol. The number of hydrogen-bond donors (Lipinski definition) is 3. The molecule has 0 bridgehead atoms. The number of carbonyl (C=O) groups is 1. The van der Waals surface area contributed by atoms with Crippen molar-refractivity contribution in [3.05, 3.63) is 40.9 Å². The third-order valence-corrected chi connectivity index (χ3v) is 5.34. The maximum absolute atomic E-state index is 12.7. The number of benzene rings is 1. The number of methoxy groups -OCH3 is 1. The topological polar surface area (TPSA) is 132 Å².